The van der Waals surface area contributed by atoms with E-state index in [2.05, 4.69) is 285 Å². The number of aromatic nitrogens is 6. The highest BCUT2D eigenvalue weighted by molar-refractivity contribution is 6.21. The lowest BCUT2D eigenvalue weighted by Crippen LogP contribution is -1.99. The van der Waals surface area contributed by atoms with Crippen molar-refractivity contribution in [3.63, 3.8) is 0 Å². The van der Waals surface area contributed by atoms with E-state index in [4.69, 9.17) is 9.97 Å². The average molecular weight is 1020 g/mol. The SMILES string of the molecule is c1ccc(-c2nc(-c3ccc(-n4c5ccccc5c5ccc(-n6c7ccccc7c7ccccc76)cc54)cc3)nc3c2-c2ccc(-n4c5ccccc5c5ccc(-n6c7ccccc7c7ccccc76)cc54)c4cccc-3c24)cc1. The van der Waals surface area contributed by atoms with Crippen molar-refractivity contribution in [1.29, 1.82) is 0 Å². The maximum Gasteiger partial charge on any atom is 0.160 e. The summed E-state index contributed by atoms with van der Waals surface area (Å²) in [6.07, 6.45) is 0. The second-order valence-corrected chi connectivity index (χ2v) is 21.2. The zero-order valence-corrected chi connectivity index (χ0v) is 43.1. The summed E-state index contributed by atoms with van der Waals surface area (Å²) < 4.78 is 9.70. The highest BCUT2D eigenvalue weighted by atomic mass is 15.0. The smallest absolute Gasteiger partial charge is 0.160 e. The summed E-state index contributed by atoms with van der Waals surface area (Å²) in [7, 11) is 0. The molecule has 0 N–H and O–H groups in total. The number of benzene rings is 12. The van der Waals surface area contributed by atoms with Crippen LogP contribution in [0.3, 0.4) is 0 Å². The summed E-state index contributed by atoms with van der Waals surface area (Å²) >= 11 is 0. The van der Waals surface area contributed by atoms with Gasteiger partial charge in [-0.25, -0.2) is 9.97 Å². The molecule has 0 unspecified atom stereocenters. The van der Waals surface area contributed by atoms with E-state index in [1.807, 2.05) is 0 Å². The zero-order chi connectivity index (χ0) is 52.2. The summed E-state index contributed by atoms with van der Waals surface area (Å²) in [5, 5.41) is 12.2. The summed E-state index contributed by atoms with van der Waals surface area (Å²) in [5.74, 6) is 0.690. The van der Waals surface area contributed by atoms with Gasteiger partial charge < -0.3 is 18.3 Å². The van der Waals surface area contributed by atoms with Gasteiger partial charge in [0.2, 0.25) is 0 Å². The maximum atomic E-state index is 5.58. The first-order valence-corrected chi connectivity index (χ1v) is 27.4. The van der Waals surface area contributed by atoms with Crippen molar-refractivity contribution in [1.82, 2.24) is 28.2 Å². The summed E-state index contributed by atoms with van der Waals surface area (Å²) in [6.45, 7) is 0. The Labute approximate surface area is 458 Å². The van der Waals surface area contributed by atoms with Gasteiger partial charge in [0.1, 0.15) is 0 Å². The molecule has 370 valence electrons. The van der Waals surface area contributed by atoms with Crippen LogP contribution >= 0.6 is 0 Å². The van der Waals surface area contributed by atoms with Crippen molar-refractivity contribution < 1.29 is 0 Å². The Morgan fingerprint density at radius 3 is 1.15 bits per heavy atom. The van der Waals surface area contributed by atoms with Gasteiger partial charge >= 0.3 is 0 Å². The minimum atomic E-state index is 0.690. The van der Waals surface area contributed by atoms with Crippen molar-refractivity contribution in [2.75, 3.05) is 0 Å². The third-order valence-electron chi connectivity index (χ3n) is 17.1. The number of hydrogen-bond acceptors (Lipinski definition) is 2. The number of rotatable bonds is 6. The van der Waals surface area contributed by atoms with Crippen molar-refractivity contribution >= 4 is 98.0 Å². The van der Waals surface area contributed by atoms with Crippen molar-refractivity contribution in [2.24, 2.45) is 0 Å². The standard InChI is InChI=1S/C74H44N6/c1-2-17-45(18-3-1)72-71-59-41-42-67(80-66-32-15-9-24-55(66)57-40-38-49(44-69(57)80)79-64-30-13-6-21-52(64)53-22-7-14-31-65(53)79)58-25-16-26-60(70(58)59)73(71)76-74(75-72)46-33-35-47(36-34-46)77-61-27-10-8-23-54(61)56-39-37-48(43-68(56)77)78-62-28-11-4-19-50(62)51-20-5-12-29-63(51)78/h1-44H. The minimum Gasteiger partial charge on any atom is -0.309 e. The van der Waals surface area contributed by atoms with Crippen LogP contribution in [0.25, 0.3) is 166 Å². The van der Waals surface area contributed by atoms with E-state index in [1.165, 1.54) is 75.9 Å². The molecule has 5 aromatic heterocycles. The molecule has 0 amide bonds. The monoisotopic (exact) mass is 1020 g/mol. The van der Waals surface area contributed by atoms with E-state index in [1.54, 1.807) is 0 Å². The van der Waals surface area contributed by atoms with E-state index in [9.17, 15) is 0 Å². The van der Waals surface area contributed by atoms with Crippen LogP contribution in [0.5, 0.6) is 0 Å². The molecule has 1 aliphatic rings. The minimum absolute atomic E-state index is 0.690. The van der Waals surface area contributed by atoms with Gasteiger partial charge in [-0.2, -0.15) is 0 Å². The molecule has 0 saturated carbocycles. The van der Waals surface area contributed by atoms with Gasteiger partial charge in [-0.1, -0.05) is 176 Å². The lowest BCUT2D eigenvalue weighted by molar-refractivity contribution is 1.15. The summed E-state index contributed by atoms with van der Waals surface area (Å²) in [6, 6.07) is 97.2. The van der Waals surface area contributed by atoms with Crippen molar-refractivity contribution in [3.05, 3.63) is 267 Å². The Bertz CT molecular complexity index is 5370. The Hall–Kier alpha value is -10.8. The molecule has 0 atom stereocenters. The third-order valence-corrected chi connectivity index (χ3v) is 17.1. The zero-order valence-electron chi connectivity index (χ0n) is 43.1. The molecule has 18 rings (SSSR count). The van der Waals surface area contributed by atoms with E-state index in [-0.39, 0.29) is 0 Å². The fourth-order valence-corrected chi connectivity index (χ4v) is 13.7. The molecule has 0 spiro atoms. The molecule has 0 bridgehead atoms. The lowest BCUT2D eigenvalue weighted by Gasteiger charge is -2.15. The van der Waals surface area contributed by atoms with Gasteiger partial charge in [-0.05, 0) is 96.6 Å². The molecule has 80 heavy (non-hydrogen) atoms. The first-order valence-electron chi connectivity index (χ1n) is 27.4. The normalized spacial score (nSPS) is 12.2. The van der Waals surface area contributed by atoms with Gasteiger partial charge in [0.15, 0.2) is 5.82 Å². The van der Waals surface area contributed by atoms with Crippen LogP contribution in [-0.4, -0.2) is 28.2 Å². The first-order chi connectivity index (χ1) is 39.7. The largest absolute Gasteiger partial charge is 0.309 e. The fraction of sp³-hybridized carbons (Fsp3) is 0. The fourth-order valence-electron chi connectivity index (χ4n) is 13.7. The van der Waals surface area contributed by atoms with E-state index in [0.717, 1.165) is 84.0 Å². The second-order valence-electron chi connectivity index (χ2n) is 21.2. The molecule has 6 nitrogen and oxygen atoms in total. The number of fused-ring (bicyclic) bond motifs is 15. The second kappa shape index (κ2) is 16.4. The molecule has 6 heteroatoms. The molecule has 12 aromatic carbocycles. The van der Waals surface area contributed by atoms with Crippen LogP contribution in [0.4, 0.5) is 0 Å². The van der Waals surface area contributed by atoms with Crippen molar-refractivity contribution in [2.45, 2.75) is 0 Å². The quantitative estimate of drug-likeness (QED) is 0.167. The molecule has 0 aliphatic heterocycles. The van der Waals surface area contributed by atoms with E-state index >= 15 is 0 Å². The molecular formula is C74H44N6. The molecule has 1 aliphatic carbocycles. The number of hydrogen-bond donors (Lipinski definition) is 0. The molecule has 5 heterocycles. The van der Waals surface area contributed by atoms with Gasteiger partial charge in [-0.3, -0.25) is 0 Å². The van der Waals surface area contributed by atoms with Crippen LogP contribution in [-0.2, 0) is 0 Å². The third kappa shape index (κ3) is 5.96. The van der Waals surface area contributed by atoms with Crippen LogP contribution < -0.4 is 0 Å². The first kappa shape index (κ1) is 43.3. The predicted molar refractivity (Wildman–Crippen MR) is 332 cm³/mol. The highest BCUT2D eigenvalue weighted by Crippen LogP contribution is 2.52. The lowest BCUT2D eigenvalue weighted by atomic mass is 9.98. The molecular weight excluding hydrogens is 973 g/mol. The van der Waals surface area contributed by atoms with Crippen LogP contribution in [0, 0.1) is 0 Å². The Morgan fingerprint density at radius 1 is 0.237 bits per heavy atom. The van der Waals surface area contributed by atoms with Crippen LogP contribution in [0.2, 0.25) is 0 Å². The number of para-hydroxylation sites is 6. The van der Waals surface area contributed by atoms with E-state index < -0.39 is 0 Å². The van der Waals surface area contributed by atoms with Gasteiger partial charge in [-0.15, -0.1) is 0 Å². The van der Waals surface area contributed by atoms with Gasteiger partial charge in [0.05, 0.1) is 61.2 Å². The Kier molecular flexibility index (Phi) is 8.85. The molecule has 0 radical (unpaired) electrons. The van der Waals surface area contributed by atoms with Gasteiger partial charge in [0.25, 0.3) is 0 Å². The average Bonchev–Trinajstić information content (AvgIpc) is 4.51. The maximum absolute atomic E-state index is 5.58. The van der Waals surface area contributed by atoms with Crippen molar-refractivity contribution in [3.8, 4) is 67.8 Å². The van der Waals surface area contributed by atoms with E-state index in [0.29, 0.717) is 5.82 Å². The summed E-state index contributed by atoms with van der Waals surface area (Å²) in [5.41, 5.74) is 21.0. The molecule has 0 saturated heterocycles. The Morgan fingerprint density at radius 2 is 0.637 bits per heavy atom. The topological polar surface area (TPSA) is 45.5 Å². The molecule has 0 fully saturated rings. The van der Waals surface area contributed by atoms with Crippen LogP contribution in [0.15, 0.2) is 267 Å². The summed E-state index contributed by atoms with van der Waals surface area (Å²) in [4.78, 5) is 11.1. The Balaban J connectivity index is 0.797. The predicted octanol–water partition coefficient (Wildman–Crippen LogP) is 19.0. The molecule has 17 aromatic rings. The van der Waals surface area contributed by atoms with Gasteiger partial charge in [0, 0.05) is 93.2 Å². The van der Waals surface area contributed by atoms with Crippen LogP contribution in [0.1, 0.15) is 0 Å². The number of nitrogens with zero attached hydrogens (tertiary/aromatic N) is 6. The highest BCUT2D eigenvalue weighted by Gasteiger charge is 2.30.